The summed E-state index contributed by atoms with van der Waals surface area (Å²) in [6.07, 6.45) is 4.19. The molecule has 100 valence electrons. The third-order valence-electron chi connectivity index (χ3n) is 3.45. The molecular weight excluding hydrogens is 224 g/mol. The average Bonchev–Trinajstić information content (AvgIpc) is 2.37. The van der Waals surface area contributed by atoms with E-state index in [1.165, 1.54) is 12.8 Å². The van der Waals surface area contributed by atoms with Gasteiger partial charge in [-0.15, -0.1) is 0 Å². The average molecular weight is 248 g/mol. The Bertz CT molecular complexity index is 370. The van der Waals surface area contributed by atoms with Crippen LogP contribution >= 0.6 is 0 Å². The first kappa shape index (κ1) is 13.1. The van der Waals surface area contributed by atoms with Crippen molar-refractivity contribution in [3.05, 3.63) is 12.4 Å². The SMILES string of the molecule is CC(C)CNc1cc(N2CCC(C)CC2)ncn1. The fraction of sp³-hybridized carbons (Fsp3) is 0.714. The molecule has 0 aliphatic carbocycles. The molecule has 1 aliphatic rings. The van der Waals surface area contributed by atoms with Gasteiger partial charge in [0.1, 0.15) is 18.0 Å². The lowest BCUT2D eigenvalue weighted by Gasteiger charge is -2.31. The lowest BCUT2D eigenvalue weighted by Crippen LogP contribution is -2.33. The van der Waals surface area contributed by atoms with E-state index >= 15 is 0 Å². The van der Waals surface area contributed by atoms with Gasteiger partial charge in [-0.25, -0.2) is 9.97 Å². The molecule has 0 aromatic carbocycles. The first-order chi connectivity index (χ1) is 8.65. The van der Waals surface area contributed by atoms with Gasteiger partial charge in [-0.2, -0.15) is 0 Å². The molecule has 0 bridgehead atoms. The summed E-state index contributed by atoms with van der Waals surface area (Å²) in [6, 6.07) is 2.07. The number of piperidine rings is 1. The molecule has 1 aliphatic heterocycles. The highest BCUT2D eigenvalue weighted by molar-refractivity contribution is 5.48. The smallest absolute Gasteiger partial charge is 0.134 e. The summed E-state index contributed by atoms with van der Waals surface area (Å²) in [6.45, 7) is 9.90. The van der Waals surface area contributed by atoms with Crippen molar-refractivity contribution in [1.29, 1.82) is 0 Å². The Hall–Kier alpha value is -1.32. The first-order valence-corrected chi connectivity index (χ1v) is 6.96. The van der Waals surface area contributed by atoms with Gasteiger partial charge in [0.25, 0.3) is 0 Å². The minimum absolute atomic E-state index is 0.624. The van der Waals surface area contributed by atoms with Crippen LogP contribution in [0.15, 0.2) is 12.4 Å². The summed E-state index contributed by atoms with van der Waals surface area (Å²) in [5.41, 5.74) is 0. The van der Waals surface area contributed by atoms with Crippen LogP contribution in [0.25, 0.3) is 0 Å². The molecule has 4 nitrogen and oxygen atoms in total. The van der Waals surface area contributed by atoms with Crippen LogP contribution in [0.4, 0.5) is 11.6 Å². The molecule has 1 fully saturated rings. The molecule has 0 spiro atoms. The minimum Gasteiger partial charge on any atom is -0.370 e. The second-order valence-electron chi connectivity index (χ2n) is 5.71. The number of nitrogens with zero attached hydrogens (tertiary/aromatic N) is 3. The van der Waals surface area contributed by atoms with Crippen LogP contribution in [0.3, 0.4) is 0 Å². The third kappa shape index (κ3) is 3.59. The number of aromatic nitrogens is 2. The summed E-state index contributed by atoms with van der Waals surface area (Å²) in [5.74, 6) is 3.47. The monoisotopic (exact) mass is 248 g/mol. The van der Waals surface area contributed by atoms with E-state index in [9.17, 15) is 0 Å². The normalized spacial score (nSPS) is 17.2. The van der Waals surface area contributed by atoms with Crippen LogP contribution < -0.4 is 10.2 Å². The Morgan fingerprint density at radius 3 is 2.72 bits per heavy atom. The molecule has 1 aromatic heterocycles. The van der Waals surface area contributed by atoms with Gasteiger partial charge in [-0.05, 0) is 24.7 Å². The van der Waals surface area contributed by atoms with Gasteiger partial charge in [-0.1, -0.05) is 20.8 Å². The molecule has 0 radical (unpaired) electrons. The molecule has 2 heterocycles. The minimum atomic E-state index is 0.624. The van der Waals surface area contributed by atoms with Crippen molar-refractivity contribution in [1.82, 2.24) is 9.97 Å². The van der Waals surface area contributed by atoms with Crippen LogP contribution in [0.2, 0.25) is 0 Å². The highest BCUT2D eigenvalue weighted by Gasteiger charge is 2.17. The Balaban J connectivity index is 1.98. The van der Waals surface area contributed by atoms with Crippen LogP contribution in [0, 0.1) is 11.8 Å². The molecule has 4 heteroatoms. The van der Waals surface area contributed by atoms with Gasteiger partial charge < -0.3 is 10.2 Å². The summed E-state index contributed by atoms with van der Waals surface area (Å²) in [5, 5.41) is 3.35. The molecule has 0 unspecified atom stereocenters. The van der Waals surface area contributed by atoms with E-state index in [2.05, 4.69) is 47.0 Å². The van der Waals surface area contributed by atoms with Crippen molar-refractivity contribution >= 4 is 11.6 Å². The van der Waals surface area contributed by atoms with Crippen molar-refractivity contribution in [3.8, 4) is 0 Å². The summed E-state index contributed by atoms with van der Waals surface area (Å²) < 4.78 is 0. The maximum Gasteiger partial charge on any atom is 0.134 e. The maximum atomic E-state index is 4.39. The van der Waals surface area contributed by atoms with Gasteiger partial charge >= 0.3 is 0 Å². The van der Waals surface area contributed by atoms with Gasteiger partial charge in [0.05, 0.1) is 0 Å². The lowest BCUT2D eigenvalue weighted by atomic mass is 9.99. The molecule has 2 rings (SSSR count). The highest BCUT2D eigenvalue weighted by Crippen LogP contribution is 2.22. The maximum absolute atomic E-state index is 4.39. The van der Waals surface area contributed by atoms with E-state index in [1.54, 1.807) is 6.33 Å². The van der Waals surface area contributed by atoms with Crippen molar-refractivity contribution in [3.63, 3.8) is 0 Å². The van der Waals surface area contributed by atoms with Crippen molar-refractivity contribution < 1.29 is 0 Å². The van der Waals surface area contributed by atoms with E-state index in [4.69, 9.17) is 0 Å². The fourth-order valence-corrected chi connectivity index (χ4v) is 2.16. The molecule has 0 amide bonds. The summed E-state index contributed by atoms with van der Waals surface area (Å²) >= 11 is 0. The molecular formula is C14H24N4. The Labute approximate surface area is 110 Å². The van der Waals surface area contributed by atoms with Crippen LogP contribution in [-0.2, 0) is 0 Å². The second kappa shape index (κ2) is 6.03. The fourth-order valence-electron chi connectivity index (χ4n) is 2.16. The van der Waals surface area contributed by atoms with Crippen molar-refractivity contribution in [2.45, 2.75) is 33.6 Å². The van der Waals surface area contributed by atoms with E-state index in [0.29, 0.717) is 5.92 Å². The van der Waals surface area contributed by atoms with Gasteiger partial charge in [-0.3, -0.25) is 0 Å². The van der Waals surface area contributed by atoms with E-state index < -0.39 is 0 Å². The largest absolute Gasteiger partial charge is 0.370 e. The molecule has 0 saturated carbocycles. The summed E-state index contributed by atoms with van der Waals surface area (Å²) in [4.78, 5) is 11.0. The standard InChI is InChI=1S/C14H24N4/c1-11(2)9-15-13-8-14(17-10-16-13)18-6-4-12(3)5-7-18/h8,10-12H,4-7,9H2,1-3H3,(H,15,16,17). The molecule has 1 N–H and O–H groups in total. The van der Waals surface area contributed by atoms with E-state index in [0.717, 1.165) is 37.2 Å². The lowest BCUT2D eigenvalue weighted by molar-refractivity contribution is 0.436. The topological polar surface area (TPSA) is 41.0 Å². The Morgan fingerprint density at radius 1 is 1.33 bits per heavy atom. The molecule has 0 atom stereocenters. The quantitative estimate of drug-likeness (QED) is 0.889. The second-order valence-corrected chi connectivity index (χ2v) is 5.71. The van der Waals surface area contributed by atoms with Gasteiger partial charge in [0.15, 0.2) is 0 Å². The molecule has 1 aromatic rings. The zero-order valence-corrected chi connectivity index (χ0v) is 11.7. The number of nitrogens with one attached hydrogen (secondary N) is 1. The predicted molar refractivity (Wildman–Crippen MR) is 76.0 cm³/mol. The predicted octanol–water partition coefficient (Wildman–Crippen LogP) is 2.78. The first-order valence-electron chi connectivity index (χ1n) is 6.96. The molecule has 1 saturated heterocycles. The third-order valence-corrected chi connectivity index (χ3v) is 3.45. The van der Waals surface area contributed by atoms with Crippen molar-refractivity contribution in [2.24, 2.45) is 11.8 Å². The van der Waals surface area contributed by atoms with E-state index in [-0.39, 0.29) is 0 Å². The number of rotatable bonds is 4. The van der Waals surface area contributed by atoms with Gasteiger partial charge in [0.2, 0.25) is 0 Å². The van der Waals surface area contributed by atoms with E-state index in [1.807, 2.05) is 0 Å². The van der Waals surface area contributed by atoms with Gasteiger partial charge in [0, 0.05) is 25.7 Å². The van der Waals surface area contributed by atoms with Crippen LogP contribution in [0.1, 0.15) is 33.6 Å². The summed E-state index contributed by atoms with van der Waals surface area (Å²) in [7, 11) is 0. The van der Waals surface area contributed by atoms with Crippen LogP contribution in [0.5, 0.6) is 0 Å². The zero-order chi connectivity index (χ0) is 13.0. The zero-order valence-electron chi connectivity index (χ0n) is 11.7. The Kier molecular flexibility index (Phi) is 4.39. The van der Waals surface area contributed by atoms with Crippen LogP contribution in [-0.4, -0.2) is 29.6 Å². The Morgan fingerprint density at radius 2 is 2.06 bits per heavy atom. The van der Waals surface area contributed by atoms with Crippen molar-refractivity contribution in [2.75, 3.05) is 29.9 Å². The number of hydrogen-bond donors (Lipinski definition) is 1. The number of hydrogen-bond acceptors (Lipinski definition) is 4. The highest BCUT2D eigenvalue weighted by atomic mass is 15.2. The number of anilines is 2. The molecule has 18 heavy (non-hydrogen) atoms.